The molecule has 24 heavy (non-hydrogen) atoms. The Kier molecular flexibility index (Phi) is 6.28. The van der Waals surface area contributed by atoms with E-state index in [1.807, 2.05) is 0 Å². The minimum Gasteiger partial charge on any atom is -0.396 e. The number of aryl methyl sites for hydroxylation is 1. The predicted octanol–water partition coefficient (Wildman–Crippen LogP) is 1.67. The first kappa shape index (κ1) is 17.9. The van der Waals surface area contributed by atoms with Crippen LogP contribution in [0.3, 0.4) is 0 Å². The zero-order chi connectivity index (χ0) is 16.9. The molecule has 0 aliphatic carbocycles. The second-order valence-electron chi connectivity index (χ2n) is 7.62. The number of hydrogen-bond acceptors (Lipinski definition) is 4. The van der Waals surface area contributed by atoms with E-state index in [-0.39, 0.29) is 0 Å². The first-order valence-corrected chi connectivity index (χ1v) is 9.51. The van der Waals surface area contributed by atoms with Crippen LogP contribution >= 0.6 is 0 Å². The monoisotopic (exact) mass is 331 g/mol. The summed E-state index contributed by atoms with van der Waals surface area (Å²) in [7, 11) is 0. The average Bonchev–Trinajstić information content (AvgIpc) is 2.99. The molecule has 0 unspecified atom stereocenters. The van der Waals surface area contributed by atoms with Crippen LogP contribution in [-0.2, 0) is 6.54 Å². The second-order valence-corrected chi connectivity index (χ2v) is 7.62. The van der Waals surface area contributed by atoms with Crippen molar-refractivity contribution in [3.63, 3.8) is 0 Å². The first-order chi connectivity index (χ1) is 11.7. The van der Waals surface area contributed by atoms with Crippen molar-refractivity contribution in [2.75, 3.05) is 59.0 Å². The molecule has 3 rings (SSSR count). The van der Waals surface area contributed by atoms with Crippen molar-refractivity contribution in [3.8, 4) is 0 Å². The minimum absolute atomic E-state index is 0.323. The zero-order valence-electron chi connectivity index (χ0n) is 15.3. The number of likely N-dealkylation sites (tertiary alicyclic amines) is 1. The summed E-state index contributed by atoms with van der Waals surface area (Å²) < 4.78 is 0. The maximum Gasteiger partial charge on any atom is 0.0475 e. The van der Waals surface area contributed by atoms with Crippen molar-refractivity contribution in [1.29, 1.82) is 0 Å². The number of rotatable bonds is 6. The Bertz CT molecular complexity index is 496. The van der Waals surface area contributed by atoms with E-state index in [0.29, 0.717) is 18.4 Å². The zero-order valence-corrected chi connectivity index (χ0v) is 15.3. The van der Waals surface area contributed by atoms with Crippen molar-refractivity contribution >= 4 is 0 Å². The maximum absolute atomic E-state index is 9.81. The van der Waals surface area contributed by atoms with Crippen molar-refractivity contribution in [2.24, 2.45) is 11.8 Å². The summed E-state index contributed by atoms with van der Waals surface area (Å²) in [6, 6.07) is 8.86. The smallest absolute Gasteiger partial charge is 0.0475 e. The average molecular weight is 332 g/mol. The summed E-state index contributed by atoms with van der Waals surface area (Å²) in [5.74, 6) is 1.04. The van der Waals surface area contributed by atoms with E-state index in [4.69, 9.17) is 0 Å². The van der Waals surface area contributed by atoms with Crippen LogP contribution in [-0.4, -0.2) is 78.8 Å². The van der Waals surface area contributed by atoms with Crippen LogP contribution in [0.4, 0.5) is 0 Å². The van der Waals surface area contributed by atoms with Gasteiger partial charge in [0, 0.05) is 59.0 Å². The lowest BCUT2D eigenvalue weighted by Crippen LogP contribution is -2.48. The van der Waals surface area contributed by atoms with Gasteiger partial charge in [-0.25, -0.2) is 0 Å². The highest BCUT2D eigenvalue weighted by Gasteiger charge is 2.33. The van der Waals surface area contributed by atoms with E-state index < -0.39 is 0 Å². The Morgan fingerprint density at radius 1 is 0.917 bits per heavy atom. The summed E-state index contributed by atoms with van der Waals surface area (Å²) >= 11 is 0. The molecule has 2 heterocycles. The second kappa shape index (κ2) is 8.43. The van der Waals surface area contributed by atoms with E-state index in [2.05, 4.69) is 52.8 Å². The molecule has 1 aromatic carbocycles. The molecule has 0 radical (unpaired) electrons. The van der Waals surface area contributed by atoms with Gasteiger partial charge in [0.15, 0.2) is 0 Å². The molecule has 1 N–H and O–H groups in total. The maximum atomic E-state index is 9.81. The number of nitrogens with zero attached hydrogens (tertiary/aromatic N) is 3. The molecule has 4 heteroatoms. The predicted molar refractivity (Wildman–Crippen MR) is 99.1 cm³/mol. The Labute approximate surface area is 147 Å². The van der Waals surface area contributed by atoms with Crippen molar-refractivity contribution < 1.29 is 5.11 Å². The third kappa shape index (κ3) is 4.57. The number of aliphatic hydroxyl groups is 1. The summed E-state index contributed by atoms with van der Waals surface area (Å²) in [5.41, 5.74) is 2.70. The molecule has 2 saturated heterocycles. The fourth-order valence-corrected chi connectivity index (χ4v) is 4.15. The molecule has 0 saturated carbocycles. The molecule has 0 spiro atoms. The Balaban J connectivity index is 1.51. The van der Waals surface area contributed by atoms with E-state index >= 15 is 0 Å². The molecule has 2 atom stereocenters. The lowest BCUT2D eigenvalue weighted by atomic mass is 9.96. The van der Waals surface area contributed by atoms with E-state index in [0.717, 1.165) is 26.2 Å². The summed E-state index contributed by atoms with van der Waals surface area (Å²) in [6.07, 6.45) is 0. The van der Waals surface area contributed by atoms with Gasteiger partial charge in [-0.1, -0.05) is 36.8 Å². The molecule has 134 valence electrons. The van der Waals surface area contributed by atoms with Gasteiger partial charge in [-0.15, -0.1) is 0 Å². The van der Waals surface area contributed by atoms with Gasteiger partial charge in [-0.3, -0.25) is 4.90 Å². The van der Waals surface area contributed by atoms with Crippen molar-refractivity contribution in [2.45, 2.75) is 20.4 Å². The topological polar surface area (TPSA) is 30.0 Å². The van der Waals surface area contributed by atoms with Crippen LogP contribution in [0, 0.1) is 18.8 Å². The van der Waals surface area contributed by atoms with Gasteiger partial charge in [0.1, 0.15) is 0 Å². The number of aliphatic hydroxyl groups excluding tert-OH is 1. The van der Waals surface area contributed by atoms with Crippen LogP contribution in [0.2, 0.25) is 0 Å². The quantitative estimate of drug-likeness (QED) is 0.859. The van der Waals surface area contributed by atoms with Gasteiger partial charge >= 0.3 is 0 Å². The van der Waals surface area contributed by atoms with Gasteiger partial charge in [0.2, 0.25) is 0 Å². The van der Waals surface area contributed by atoms with E-state index in [1.165, 1.54) is 43.9 Å². The fraction of sp³-hybridized carbons (Fsp3) is 0.700. The SMILES string of the molecule is CCN1CCN(C[C@@H]2CN(Cc3ccc(C)cc3)C[C@@H]2CO)CC1. The summed E-state index contributed by atoms with van der Waals surface area (Å²) in [4.78, 5) is 7.66. The lowest BCUT2D eigenvalue weighted by Gasteiger charge is -2.36. The third-order valence-corrected chi connectivity index (χ3v) is 5.82. The van der Waals surface area contributed by atoms with Gasteiger partial charge in [-0.05, 0) is 30.9 Å². The van der Waals surface area contributed by atoms with Crippen LogP contribution < -0.4 is 0 Å². The molecule has 2 aliphatic heterocycles. The van der Waals surface area contributed by atoms with Crippen LogP contribution in [0.25, 0.3) is 0 Å². The molecule has 0 bridgehead atoms. The van der Waals surface area contributed by atoms with Crippen LogP contribution in [0.15, 0.2) is 24.3 Å². The summed E-state index contributed by atoms with van der Waals surface area (Å²) in [5, 5.41) is 9.81. The lowest BCUT2D eigenvalue weighted by molar-refractivity contribution is 0.106. The number of hydrogen-bond donors (Lipinski definition) is 1. The van der Waals surface area contributed by atoms with Gasteiger partial charge in [0.25, 0.3) is 0 Å². The van der Waals surface area contributed by atoms with Gasteiger partial charge in [-0.2, -0.15) is 0 Å². The Morgan fingerprint density at radius 3 is 2.17 bits per heavy atom. The Hall–Kier alpha value is -0.940. The first-order valence-electron chi connectivity index (χ1n) is 9.51. The largest absolute Gasteiger partial charge is 0.396 e. The normalized spacial score (nSPS) is 27.0. The van der Waals surface area contributed by atoms with Crippen LogP contribution in [0.5, 0.6) is 0 Å². The molecular formula is C20H33N3O. The standard InChI is InChI=1S/C20H33N3O/c1-3-21-8-10-22(11-9-21)13-19-14-23(15-20(19)16-24)12-18-6-4-17(2)5-7-18/h4-7,19-20,24H,3,8-16H2,1-2H3/t19-,20-/m1/s1. The molecule has 4 nitrogen and oxygen atoms in total. The summed E-state index contributed by atoms with van der Waals surface area (Å²) in [6.45, 7) is 14.9. The number of piperazine rings is 1. The third-order valence-electron chi connectivity index (χ3n) is 5.82. The number of likely N-dealkylation sites (N-methyl/N-ethyl adjacent to an activating group) is 1. The van der Waals surface area contributed by atoms with E-state index in [9.17, 15) is 5.11 Å². The van der Waals surface area contributed by atoms with Crippen molar-refractivity contribution in [1.82, 2.24) is 14.7 Å². The fourth-order valence-electron chi connectivity index (χ4n) is 4.15. The highest BCUT2D eigenvalue weighted by molar-refractivity contribution is 5.21. The minimum atomic E-state index is 0.323. The Morgan fingerprint density at radius 2 is 1.54 bits per heavy atom. The molecule has 0 amide bonds. The van der Waals surface area contributed by atoms with E-state index in [1.54, 1.807) is 0 Å². The van der Waals surface area contributed by atoms with Gasteiger partial charge in [0.05, 0.1) is 0 Å². The van der Waals surface area contributed by atoms with Gasteiger partial charge < -0.3 is 14.9 Å². The molecule has 0 aromatic heterocycles. The molecule has 1 aromatic rings. The van der Waals surface area contributed by atoms with Crippen molar-refractivity contribution in [3.05, 3.63) is 35.4 Å². The molecule has 2 aliphatic rings. The highest BCUT2D eigenvalue weighted by atomic mass is 16.3. The van der Waals surface area contributed by atoms with Crippen LogP contribution in [0.1, 0.15) is 18.1 Å². The molecule has 2 fully saturated rings. The number of benzene rings is 1. The highest BCUT2D eigenvalue weighted by Crippen LogP contribution is 2.26. The molecular weight excluding hydrogens is 298 g/mol.